The first-order chi connectivity index (χ1) is 8.35. The van der Waals surface area contributed by atoms with Crippen LogP contribution in [0.3, 0.4) is 0 Å². The topological polar surface area (TPSA) is 12.0 Å². The van der Waals surface area contributed by atoms with Crippen LogP contribution in [0.1, 0.15) is 30.7 Å². The van der Waals surface area contributed by atoms with Gasteiger partial charge in [-0.25, -0.2) is 0 Å². The number of hydrogen-bond acceptors (Lipinski definition) is 2. The molecule has 0 amide bonds. The summed E-state index contributed by atoms with van der Waals surface area (Å²) >= 11 is 1.89. The third-order valence-electron chi connectivity index (χ3n) is 2.83. The second-order valence-electron chi connectivity index (χ2n) is 4.22. The van der Waals surface area contributed by atoms with E-state index in [1.807, 2.05) is 17.4 Å². The van der Waals surface area contributed by atoms with Crippen LogP contribution in [0.25, 0.3) is 10.1 Å². The highest BCUT2D eigenvalue weighted by Gasteiger charge is 2.11. The van der Waals surface area contributed by atoms with Gasteiger partial charge in [-0.1, -0.05) is 31.2 Å². The van der Waals surface area contributed by atoms with Crippen LogP contribution in [0.4, 0.5) is 0 Å². The Morgan fingerprint density at radius 1 is 1.41 bits per heavy atom. The van der Waals surface area contributed by atoms with Gasteiger partial charge >= 0.3 is 0 Å². The summed E-state index contributed by atoms with van der Waals surface area (Å²) < 4.78 is 1.37. The van der Waals surface area contributed by atoms with Gasteiger partial charge in [0.05, 0.1) is 0 Å². The van der Waals surface area contributed by atoms with Gasteiger partial charge in [0.15, 0.2) is 0 Å². The summed E-state index contributed by atoms with van der Waals surface area (Å²) in [5.74, 6) is 0. The first-order valence-electron chi connectivity index (χ1n) is 6.18. The van der Waals surface area contributed by atoms with E-state index in [0.29, 0.717) is 6.04 Å². The number of nitrogens with one attached hydrogen (secondary N) is 1. The molecule has 1 nitrogen and oxygen atoms in total. The molecule has 1 N–H and O–H groups in total. The number of rotatable bonds is 6. The number of hydrogen-bond donors (Lipinski definition) is 1. The fourth-order valence-electron chi connectivity index (χ4n) is 1.96. The van der Waals surface area contributed by atoms with Crippen LogP contribution >= 0.6 is 11.3 Å². The van der Waals surface area contributed by atoms with Crippen LogP contribution in [0.2, 0.25) is 0 Å². The van der Waals surface area contributed by atoms with Crippen molar-refractivity contribution in [2.24, 2.45) is 0 Å². The third-order valence-corrected chi connectivity index (χ3v) is 4.06. The molecule has 0 radical (unpaired) electrons. The molecule has 1 aromatic heterocycles. The van der Waals surface area contributed by atoms with Crippen LogP contribution < -0.4 is 5.32 Å². The standard InChI is InChI=1S/C15H19NS/c1-3-7-13(16-10-4-2)15-11-12-8-5-6-9-14(12)17-15/h3,5-6,8-9,11,13,16H,1,4,7,10H2,2H3. The van der Waals surface area contributed by atoms with E-state index < -0.39 is 0 Å². The van der Waals surface area contributed by atoms with Gasteiger partial charge < -0.3 is 5.32 Å². The van der Waals surface area contributed by atoms with E-state index in [1.54, 1.807) is 0 Å². The summed E-state index contributed by atoms with van der Waals surface area (Å²) in [4.78, 5) is 1.42. The summed E-state index contributed by atoms with van der Waals surface area (Å²) in [5, 5.41) is 4.93. The molecule has 90 valence electrons. The monoisotopic (exact) mass is 245 g/mol. The first kappa shape index (κ1) is 12.3. The minimum absolute atomic E-state index is 0.421. The van der Waals surface area contributed by atoms with Gasteiger partial charge in [-0.05, 0) is 36.9 Å². The summed E-state index contributed by atoms with van der Waals surface area (Å²) in [6.07, 6.45) is 4.16. The molecule has 0 aliphatic carbocycles. The predicted octanol–water partition coefficient (Wildman–Crippen LogP) is 4.52. The van der Waals surface area contributed by atoms with Crippen molar-refractivity contribution in [3.63, 3.8) is 0 Å². The van der Waals surface area contributed by atoms with E-state index in [9.17, 15) is 0 Å². The Hall–Kier alpha value is -1.12. The average molecular weight is 245 g/mol. The maximum atomic E-state index is 3.85. The van der Waals surface area contributed by atoms with Gasteiger partial charge in [-0.2, -0.15) is 0 Å². The Bertz CT molecular complexity index is 453. The Labute approximate surface area is 107 Å². The van der Waals surface area contributed by atoms with E-state index in [-0.39, 0.29) is 0 Å². The van der Waals surface area contributed by atoms with Crippen molar-refractivity contribution in [3.05, 3.63) is 47.9 Å². The van der Waals surface area contributed by atoms with Crippen molar-refractivity contribution >= 4 is 21.4 Å². The molecule has 1 atom stereocenters. The van der Waals surface area contributed by atoms with E-state index in [4.69, 9.17) is 0 Å². The van der Waals surface area contributed by atoms with Crippen molar-refractivity contribution in [3.8, 4) is 0 Å². The molecule has 1 aromatic carbocycles. The normalized spacial score (nSPS) is 12.8. The van der Waals surface area contributed by atoms with E-state index in [2.05, 4.69) is 49.2 Å². The Balaban J connectivity index is 2.24. The predicted molar refractivity (Wildman–Crippen MR) is 77.7 cm³/mol. The second kappa shape index (κ2) is 5.99. The Morgan fingerprint density at radius 3 is 2.94 bits per heavy atom. The number of fused-ring (bicyclic) bond motifs is 1. The van der Waals surface area contributed by atoms with E-state index >= 15 is 0 Å². The van der Waals surface area contributed by atoms with Crippen molar-refractivity contribution < 1.29 is 0 Å². The molecule has 17 heavy (non-hydrogen) atoms. The van der Waals surface area contributed by atoms with E-state index in [0.717, 1.165) is 13.0 Å². The molecule has 0 aliphatic heterocycles. The average Bonchev–Trinajstić information content (AvgIpc) is 2.78. The maximum Gasteiger partial charge on any atom is 0.0450 e. The minimum Gasteiger partial charge on any atom is -0.309 e. The molecule has 2 rings (SSSR count). The van der Waals surface area contributed by atoms with E-state index in [1.165, 1.54) is 21.4 Å². The zero-order chi connectivity index (χ0) is 12.1. The molecule has 2 aromatic rings. The van der Waals surface area contributed by atoms with Gasteiger partial charge in [-0.15, -0.1) is 17.9 Å². The SMILES string of the molecule is C=CCC(NCCC)c1cc2ccccc2s1. The first-order valence-corrected chi connectivity index (χ1v) is 6.99. The van der Waals surface area contributed by atoms with Crippen LogP contribution in [-0.2, 0) is 0 Å². The van der Waals surface area contributed by atoms with Crippen LogP contribution in [-0.4, -0.2) is 6.54 Å². The fourth-order valence-corrected chi connectivity index (χ4v) is 3.11. The van der Waals surface area contributed by atoms with Crippen molar-refractivity contribution in [2.75, 3.05) is 6.54 Å². The summed E-state index contributed by atoms with van der Waals surface area (Å²) in [5.41, 5.74) is 0. The van der Waals surface area contributed by atoms with Gasteiger partial charge in [0.2, 0.25) is 0 Å². The van der Waals surface area contributed by atoms with Crippen LogP contribution in [0.15, 0.2) is 43.0 Å². The van der Waals surface area contributed by atoms with Crippen LogP contribution in [0.5, 0.6) is 0 Å². The number of benzene rings is 1. The lowest BCUT2D eigenvalue weighted by molar-refractivity contribution is 0.545. The van der Waals surface area contributed by atoms with Crippen molar-refractivity contribution in [1.29, 1.82) is 0 Å². The second-order valence-corrected chi connectivity index (χ2v) is 5.33. The molecule has 0 bridgehead atoms. The highest BCUT2D eigenvalue weighted by atomic mass is 32.1. The molecule has 2 heteroatoms. The third kappa shape index (κ3) is 2.96. The molecular weight excluding hydrogens is 226 g/mol. The zero-order valence-electron chi connectivity index (χ0n) is 10.3. The lowest BCUT2D eigenvalue weighted by atomic mass is 10.1. The Kier molecular flexibility index (Phi) is 4.35. The molecule has 0 saturated heterocycles. The molecule has 0 spiro atoms. The maximum absolute atomic E-state index is 3.85. The number of thiophene rings is 1. The molecular formula is C15H19NS. The van der Waals surface area contributed by atoms with Crippen LogP contribution in [0, 0.1) is 0 Å². The molecule has 1 heterocycles. The minimum atomic E-state index is 0.421. The lowest BCUT2D eigenvalue weighted by Crippen LogP contribution is -2.20. The molecule has 0 fully saturated rings. The molecule has 0 saturated carbocycles. The lowest BCUT2D eigenvalue weighted by Gasteiger charge is -2.14. The molecule has 1 unspecified atom stereocenters. The highest BCUT2D eigenvalue weighted by Crippen LogP contribution is 2.31. The summed E-state index contributed by atoms with van der Waals surface area (Å²) in [6, 6.07) is 11.3. The largest absolute Gasteiger partial charge is 0.309 e. The van der Waals surface area contributed by atoms with Gasteiger partial charge in [0.25, 0.3) is 0 Å². The van der Waals surface area contributed by atoms with Gasteiger partial charge in [-0.3, -0.25) is 0 Å². The van der Waals surface area contributed by atoms with Crippen molar-refractivity contribution in [2.45, 2.75) is 25.8 Å². The summed E-state index contributed by atoms with van der Waals surface area (Å²) in [6.45, 7) is 7.11. The van der Waals surface area contributed by atoms with Gasteiger partial charge in [0.1, 0.15) is 0 Å². The van der Waals surface area contributed by atoms with Gasteiger partial charge in [0, 0.05) is 15.6 Å². The highest BCUT2D eigenvalue weighted by molar-refractivity contribution is 7.19. The quantitative estimate of drug-likeness (QED) is 0.738. The summed E-state index contributed by atoms with van der Waals surface area (Å²) in [7, 11) is 0. The molecule has 0 aliphatic rings. The Morgan fingerprint density at radius 2 is 2.24 bits per heavy atom. The fraction of sp³-hybridized carbons (Fsp3) is 0.333. The smallest absolute Gasteiger partial charge is 0.0450 e. The zero-order valence-corrected chi connectivity index (χ0v) is 11.1. The van der Waals surface area contributed by atoms with Crippen molar-refractivity contribution in [1.82, 2.24) is 5.32 Å².